The third kappa shape index (κ3) is 3.95. The molecule has 1 atom stereocenters. The molecule has 1 aliphatic rings. The van der Waals surface area contributed by atoms with Crippen LogP contribution < -0.4 is 11.1 Å². The Balaban J connectivity index is 0.00000220. The molecule has 0 saturated carbocycles. The van der Waals surface area contributed by atoms with Crippen molar-refractivity contribution in [3.63, 3.8) is 0 Å². The highest BCUT2D eigenvalue weighted by Gasteiger charge is 2.24. The van der Waals surface area contributed by atoms with Crippen LogP contribution in [0.1, 0.15) is 35.7 Å². The zero-order chi connectivity index (χ0) is 14.7. The number of halogens is 1. The Morgan fingerprint density at radius 1 is 1.29 bits per heavy atom. The van der Waals surface area contributed by atoms with E-state index in [1.807, 2.05) is 24.0 Å². The lowest BCUT2D eigenvalue weighted by Crippen LogP contribution is -2.34. The quantitative estimate of drug-likeness (QED) is 0.895. The van der Waals surface area contributed by atoms with Crippen LogP contribution in [0.5, 0.6) is 0 Å². The van der Waals surface area contributed by atoms with Gasteiger partial charge in [0.25, 0.3) is 5.91 Å². The standard InChI is InChI=1S/C15H21N3O2.ClH/c1-10-6-5-7-12(17-14(19)11(2)16)13(10)15(20)18-8-3-4-9-18;/h5-7,11H,3-4,8-9,16H2,1-2H3,(H,17,19);1H/t11-;/m0./s1. The number of nitrogens with one attached hydrogen (secondary N) is 1. The number of carbonyl (C=O) groups is 2. The summed E-state index contributed by atoms with van der Waals surface area (Å²) in [5, 5.41) is 2.74. The summed E-state index contributed by atoms with van der Waals surface area (Å²) in [4.78, 5) is 26.2. The molecule has 0 bridgehead atoms. The van der Waals surface area contributed by atoms with Crippen LogP contribution in [-0.4, -0.2) is 35.8 Å². The molecule has 1 aromatic rings. The van der Waals surface area contributed by atoms with Gasteiger partial charge in [0, 0.05) is 13.1 Å². The molecule has 3 N–H and O–H groups in total. The molecule has 21 heavy (non-hydrogen) atoms. The van der Waals surface area contributed by atoms with Crippen molar-refractivity contribution in [2.75, 3.05) is 18.4 Å². The average molecular weight is 312 g/mol. The lowest BCUT2D eigenvalue weighted by Gasteiger charge is -2.20. The van der Waals surface area contributed by atoms with Gasteiger partial charge in [-0.25, -0.2) is 0 Å². The Labute approximate surface area is 131 Å². The molecule has 1 saturated heterocycles. The maximum absolute atomic E-state index is 12.6. The fourth-order valence-electron chi connectivity index (χ4n) is 2.38. The number of aryl methyl sites for hydroxylation is 1. The first-order valence-corrected chi connectivity index (χ1v) is 6.96. The third-order valence-electron chi connectivity index (χ3n) is 3.55. The minimum absolute atomic E-state index is 0. The topological polar surface area (TPSA) is 75.4 Å². The Hall–Kier alpha value is -1.59. The number of hydrogen-bond acceptors (Lipinski definition) is 3. The third-order valence-corrected chi connectivity index (χ3v) is 3.55. The van der Waals surface area contributed by atoms with E-state index in [1.54, 1.807) is 13.0 Å². The van der Waals surface area contributed by atoms with Crippen LogP contribution in [0.2, 0.25) is 0 Å². The van der Waals surface area contributed by atoms with Gasteiger partial charge in [0.2, 0.25) is 5.91 Å². The molecular weight excluding hydrogens is 290 g/mol. The zero-order valence-corrected chi connectivity index (χ0v) is 13.2. The van der Waals surface area contributed by atoms with Crippen molar-refractivity contribution in [2.45, 2.75) is 32.7 Å². The minimum Gasteiger partial charge on any atom is -0.339 e. The van der Waals surface area contributed by atoms with E-state index in [0.29, 0.717) is 11.3 Å². The van der Waals surface area contributed by atoms with Gasteiger partial charge in [-0.1, -0.05) is 12.1 Å². The van der Waals surface area contributed by atoms with Gasteiger partial charge in [0.15, 0.2) is 0 Å². The van der Waals surface area contributed by atoms with Crippen molar-refractivity contribution in [3.05, 3.63) is 29.3 Å². The van der Waals surface area contributed by atoms with Gasteiger partial charge < -0.3 is 16.0 Å². The van der Waals surface area contributed by atoms with Crippen molar-refractivity contribution < 1.29 is 9.59 Å². The van der Waals surface area contributed by atoms with Crippen LogP contribution in [0, 0.1) is 6.92 Å². The number of rotatable bonds is 3. The van der Waals surface area contributed by atoms with E-state index >= 15 is 0 Å². The summed E-state index contributed by atoms with van der Waals surface area (Å²) >= 11 is 0. The van der Waals surface area contributed by atoms with Crippen LogP contribution in [0.15, 0.2) is 18.2 Å². The van der Waals surface area contributed by atoms with E-state index in [4.69, 9.17) is 5.73 Å². The summed E-state index contributed by atoms with van der Waals surface area (Å²) in [6, 6.07) is 4.85. The maximum atomic E-state index is 12.6. The summed E-state index contributed by atoms with van der Waals surface area (Å²) in [5.41, 5.74) is 7.55. The molecule has 2 amide bonds. The number of nitrogens with zero attached hydrogens (tertiary/aromatic N) is 1. The number of amides is 2. The summed E-state index contributed by atoms with van der Waals surface area (Å²) in [6.07, 6.45) is 2.08. The van der Waals surface area contributed by atoms with Gasteiger partial charge in [-0.15, -0.1) is 12.4 Å². The van der Waals surface area contributed by atoms with Gasteiger partial charge in [0.1, 0.15) is 0 Å². The lowest BCUT2D eigenvalue weighted by atomic mass is 10.0. The fraction of sp³-hybridized carbons (Fsp3) is 0.467. The fourth-order valence-corrected chi connectivity index (χ4v) is 2.38. The van der Waals surface area contributed by atoms with Gasteiger partial charge in [0.05, 0.1) is 17.3 Å². The zero-order valence-electron chi connectivity index (χ0n) is 12.4. The number of hydrogen-bond donors (Lipinski definition) is 2. The predicted molar refractivity (Wildman–Crippen MR) is 85.8 cm³/mol. The van der Waals surface area contributed by atoms with Gasteiger partial charge in [-0.05, 0) is 38.3 Å². The number of carbonyl (C=O) groups excluding carboxylic acids is 2. The Bertz CT molecular complexity index is 526. The monoisotopic (exact) mass is 311 g/mol. The second kappa shape index (κ2) is 7.43. The van der Waals surface area contributed by atoms with Crippen LogP contribution >= 0.6 is 12.4 Å². The van der Waals surface area contributed by atoms with Crippen LogP contribution in [0.3, 0.4) is 0 Å². The molecule has 5 nitrogen and oxygen atoms in total. The SMILES string of the molecule is Cc1cccc(NC(=O)[C@H](C)N)c1C(=O)N1CCCC1.Cl. The largest absolute Gasteiger partial charge is 0.339 e. The van der Waals surface area contributed by atoms with Crippen molar-refractivity contribution in [2.24, 2.45) is 5.73 Å². The molecule has 1 heterocycles. The van der Waals surface area contributed by atoms with Crippen molar-refractivity contribution in [1.82, 2.24) is 4.90 Å². The van der Waals surface area contributed by atoms with Gasteiger partial charge >= 0.3 is 0 Å². The van der Waals surface area contributed by atoms with Crippen LogP contribution in [-0.2, 0) is 4.79 Å². The van der Waals surface area contributed by atoms with Crippen molar-refractivity contribution in [3.8, 4) is 0 Å². The molecule has 0 unspecified atom stereocenters. The highest BCUT2D eigenvalue weighted by Crippen LogP contribution is 2.23. The van der Waals surface area contributed by atoms with E-state index < -0.39 is 6.04 Å². The second-order valence-electron chi connectivity index (χ2n) is 5.27. The van der Waals surface area contributed by atoms with E-state index in [2.05, 4.69) is 5.32 Å². The predicted octanol–water partition coefficient (Wildman–Crippen LogP) is 1.94. The van der Waals surface area contributed by atoms with E-state index in [1.165, 1.54) is 0 Å². The maximum Gasteiger partial charge on any atom is 0.256 e. The lowest BCUT2D eigenvalue weighted by molar-refractivity contribution is -0.117. The molecule has 0 radical (unpaired) electrons. The molecule has 1 fully saturated rings. The molecule has 0 aromatic heterocycles. The van der Waals surface area contributed by atoms with Crippen molar-refractivity contribution in [1.29, 1.82) is 0 Å². The minimum atomic E-state index is -0.606. The number of benzene rings is 1. The summed E-state index contributed by atoms with van der Waals surface area (Å²) in [5.74, 6) is -0.299. The summed E-state index contributed by atoms with van der Waals surface area (Å²) < 4.78 is 0. The molecule has 2 rings (SSSR count). The van der Waals surface area contributed by atoms with E-state index in [-0.39, 0.29) is 24.2 Å². The van der Waals surface area contributed by atoms with Gasteiger partial charge in [-0.3, -0.25) is 9.59 Å². The first kappa shape index (κ1) is 17.5. The molecule has 0 aliphatic carbocycles. The molecule has 0 spiro atoms. The molecule has 1 aromatic carbocycles. The highest BCUT2D eigenvalue weighted by molar-refractivity contribution is 6.05. The Morgan fingerprint density at radius 2 is 1.90 bits per heavy atom. The first-order valence-electron chi connectivity index (χ1n) is 6.96. The number of anilines is 1. The van der Waals surface area contributed by atoms with Crippen LogP contribution in [0.4, 0.5) is 5.69 Å². The Kier molecular flexibility index (Phi) is 6.18. The molecule has 6 heteroatoms. The van der Waals surface area contributed by atoms with Crippen LogP contribution in [0.25, 0.3) is 0 Å². The molecule has 116 valence electrons. The Morgan fingerprint density at radius 3 is 2.48 bits per heavy atom. The smallest absolute Gasteiger partial charge is 0.256 e. The number of nitrogens with two attached hydrogens (primary N) is 1. The first-order chi connectivity index (χ1) is 9.50. The average Bonchev–Trinajstić information content (AvgIpc) is 2.92. The van der Waals surface area contributed by atoms with Gasteiger partial charge in [-0.2, -0.15) is 0 Å². The summed E-state index contributed by atoms with van der Waals surface area (Å²) in [7, 11) is 0. The second-order valence-corrected chi connectivity index (χ2v) is 5.27. The van der Waals surface area contributed by atoms with E-state index in [0.717, 1.165) is 31.5 Å². The van der Waals surface area contributed by atoms with Crippen molar-refractivity contribution >= 4 is 29.9 Å². The number of likely N-dealkylation sites (tertiary alicyclic amines) is 1. The summed E-state index contributed by atoms with van der Waals surface area (Å²) in [6.45, 7) is 5.07. The van der Waals surface area contributed by atoms with E-state index in [9.17, 15) is 9.59 Å². The molecular formula is C15H22ClN3O2. The molecule has 1 aliphatic heterocycles. The highest BCUT2D eigenvalue weighted by atomic mass is 35.5. The normalized spacial score (nSPS) is 15.3.